The average molecular weight is 297 g/mol. The zero-order chi connectivity index (χ0) is 12.3. The van der Waals surface area contributed by atoms with Gasteiger partial charge in [-0.25, -0.2) is 15.0 Å². The zero-order valence-corrected chi connectivity index (χ0v) is 11.2. The molecule has 2 N–H and O–H groups in total. The molecule has 0 saturated carbocycles. The quantitative estimate of drug-likeness (QED) is 0.845. The van der Waals surface area contributed by atoms with Gasteiger partial charge in [-0.2, -0.15) is 5.10 Å². The number of nitrogens with zero attached hydrogens (tertiary/aromatic N) is 4. The van der Waals surface area contributed by atoms with Gasteiger partial charge in [0.05, 0.1) is 6.54 Å². The van der Waals surface area contributed by atoms with Crippen molar-refractivity contribution in [3.8, 4) is 0 Å². The summed E-state index contributed by atoms with van der Waals surface area (Å²) in [7, 11) is 0. The summed E-state index contributed by atoms with van der Waals surface area (Å²) >= 11 is 3.37. The molecule has 0 aromatic carbocycles. The lowest BCUT2D eigenvalue weighted by molar-refractivity contribution is 0.768. The second kappa shape index (κ2) is 5.22. The van der Waals surface area contributed by atoms with Gasteiger partial charge in [0.25, 0.3) is 0 Å². The van der Waals surface area contributed by atoms with Crippen LogP contribution in [0.1, 0.15) is 31.4 Å². The summed E-state index contributed by atoms with van der Waals surface area (Å²) in [5.74, 6) is 2.63. The third-order valence-corrected chi connectivity index (χ3v) is 2.54. The molecule has 2 aromatic heterocycles. The molecule has 0 bridgehead atoms. The fourth-order valence-electron chi connectivity index (χ4n) is 1.27. The lowest BCUT2D eigenvalue weighted by atomic mass is 10.2. The van der Waals surface area contributed by atoms with E-state index in [2.05, 4.69) is 60.2 Å². The Morgan fingerprint density at radius 3 is 2.88 bits per heavy atom. The standard InChI is InChI=1S/C10H13BrN6/c1-6(2)10-15-7(11)3-8(16-10)12-4-9-13-5-14-17-9/h3,5-6H,4H2,1-2H3,(H,12,15,16)(H,13,14,17). The van der Waals surface area contributed by atoms with Crippen LogP contribution >= 0.6 is 15.9 Å². The number of nitrogens with one attached hydrogen (secondary N) is 2. The van der Waals surface area contributed by atoms with Crippen molar-refractivity contribution in [3.05, 3.63) is 28.6 Å². The number of halogens is 1. The molecular weight excluding hydrogens is 284 g/mol. The summed E-state index contributed by atoms with van der Waals surface area (Å²) < 4.78 is 0.774. The average Bonchev–Trinajstić information content (AvgIpc) is 2.78. The maximum Gasteiger partial charge on any atom is 0.143 e. The minimum absolute atomic E-state index is 0.290. The fourth-order valence-corrected chi connectivity index (χ4v) is 1.67. The maximum atomic E-state index is 4.42. The van der Waals surface area contributed by atoms with Crippen LogP contribution in [0.2, 0.25) is 0 Å². The first kappa shape index (κ1) is 12.0. The van der Waals surface area contributed by atoms with Crippen molar-refractivity contribution in [1.82, 2.24) is 25.1 Å². The topological polar surface area (TPSA) is 79.4 Å². The van der Waals surface area contributed by atoms with Crippen LogP contribution < -0.4 is 5.32 Å². The summed E-state index contributed by atoms with van der Waals surface area (Å²) in [6.45, 7) is 4.67. The number of anilines is 1. The molecule has 0 aliphatic carbocycles. The largest absolute Gasteiger partial charge is 0.363 e. The molecule has 2 rings (SSSR count). The first-order chi connectivity index (χ1) is 8.15. The van der Waals surface area contributed by atoms with E-state index in [1.165, 1.54) is 6.33 Å². The van der Waals surface area contributed by atoms with E-state index in [0.717, 1.165) is 22.1 Å². The summed E-state index contributed by atoms with van der Waals surface area (Å²) in [5.41, 5.74) is 0. The van der Waals surface area contributed by atoms with Gasteiger partial charge in [0.2, 0.25) is 0 Å². The Morgan fingerprint density at radius 1 is 1.41 bits per heavy atom. The Balaban J connectivity index is 2.10. The van der Waals surface area contributed by atoms with Gasteiger partial charge in [-0.05, 0) is 15.9 Å². The molecule has 0 aliphatic heterocycles. The van der Waals surface area contributed by atoms with Crippen molar-refractivity contribution in [2.75, 3.05) is 5.32 Å². The molecule has 6 nitrogen and oxygen atoms in total. The highest BCUT2D eigenvalue weighted by molar-refractivity contribution is 9.10. The zero-order valence-electron chi connectivity index (χ0n) is 9.61. The lowest BCUT2D eigenvalue weighted by Gasteiger charge is -2.08. The second-order valence-corrected chi connectivity index (χ2v) is 4.69. The summed E-state index contributed by atoms with van der Waals surface area (Å²) in [6.07, 6.45) is 1.48. The van der Waals surface area contributed by atoms with E-state index in [9.17, 15) is 0 Å². The van der Waals surface area contributed by atoms with Crippen molar-refractivity contribution in [2.45, 2.75) is 26.3 Å². The van der Waals surface area contributed by atoms with Gasteiger partial charge in [-0.15, -0.1) is 0 Å². The van der Waals surface area contributed by atoms with Crippen LogP contribution in [0.5, 0.6) is 0 Å². The van der Waals surface area contributed by atoms with E-state index in [1.54, 1.807) is 0 Å². The fraction of sp³-hybridized carbons (Fsp3) is 0.400. The smallest absolute Gasteiger partial charge is 0.143 e. The molecular formula is C10H13BrN6. The number of aromatic nitrogens is 5. The van der Waals surface area contributed by atoms with Gasteiger partial charge in [0.1, 0.15) is 28.4 Å². The van der Waals surface area contributed by atoms with Crippen molar-refractivity contribution in [2.24, 2.45) is 0 Å². The normalized spacial score (nSPS) is 10.8. The molecule has 0 spiro atoms. The van der Waals surface area contributed by atoms with E-state index in [1.807, 2.05) is 6.07 Å². The molecule has 0 atom stereocenters. The minimum Gasteiger partial charge on any atom is -0.363 e. The van der Waals surface area contributed by atoms with Crippen LogP contribution in [0.4, 0.5) is 5.82 Å². The van der Waals surface area contributed by atoms with Gasteiger partial charge in [0, 0.05) is 12.0 Å². The monoisotopic (exact) mass is 296 g/mol. The summed E-state index contributed by atoms with van der Waals surface area (Å²) in [6, 6.07) is 1.84. The number of H-pyrrole nitrogens is 1. The Morgan fingerprint density at radius 2 is 2.24 bits per heavy atom. The molecule has 0 aliphatic rings. The third-order valence-electron chi connectivity index (χ3n) is 2.13. The molecule has 0 amide bonds. The van der Waals surface area contributed by atoms with E-state index in [4.69, 9.17) is 0 Å². The molecule has 2 aromatic rings. The predicted octanol–water partition coefficient (Wildman–Crippen LogP) is 2.09. The molecule has 0 saturated heterocycles. The highest BCUT2D eigenvalue weighted by atomic mass is 79.9. The maximum absolute atomic E-state index is 4.42. The molecule has 90 valence electrons. The first-order valence-corrected chi connectivity index (χ1v) is 6.07. The molecule has 2 heterocycles. The molecule has 0 fully saturated rings. The molecule has 0 radical (unpaired) electrons. The van der Waals surface area contributed by atoms with Crippen molar-refractivity contribution < 1.29 is 0 Å². The van der Waals surface area contributed by atoms with Gasteiger partial charge in [-0.1, -0.05) is 13.8 Å². The van der Waals surface area contributed by atoms with Gasteiger partial charge >= 0.3 is 0 Å². The lowest BCUT2D eigenvalue weighted by Crippen LogP contribution is -2.06. The Labute approximate surface area is 107 Å². The third kappa shape index (κ3) is 3.23. The van der Waals surface area contributed by atoms with Crippen LogP contribution in [0.15, 0.2) is 17.0 Å². The number of hydrogen-bond acceptors (Lipinski definition) is 5. The van der Waals surface area contributed by atoms with Crippen LogP contribution in [0.3, 0.4) is 0 Å². The van der Waals surface area contributed by atoms with E-state index in [-0.39, 0.29) is 0 Å². The highest BCUT2D eigenvalue weighted by Gasteiger charge is 2.06. The van der Waals surface area contributed by atoms with E-state index in [0.29, 0.717) is 12.5 Å². The van der Waals surface area contributed by atoms with Crippen molar-refractivity contribution in [3.63, 3.8) is 0 Å². The Kier molecular flexibility index (Phi) is 3.68. The SMILES string of the molecule is CC(C)c1nc(Br)cc(NCc2ncn[nH]2)n1. The molecule has 0 unspecified atom stereocenters. The Hall–Kier alpha value is -1.50. The summed E-state index contributed by atoms with van der Waals surface area (Å²) in [5, 5.41) is 9.73. The highest BCUT2D eigenvalue weighted by Crippen LogP contribution is 2.17. The van der Waals surface area contributed by atoms with Crippen LogP contribution in [0.25, 0.3) is 0 Å². The van der Waals surface area contributed by atoms with Gasteiger partial charge < -0.3 is 5.32 Å². The van der Waals surface area contributed by atoms with Crippen molar-refractivity contribution in [1.29, 1.82) is 0 Å². The van der Waals surface area contributed by atoms with Crippen LogP contribution in [0, 0.1) is 0 Å². The van der Waals surface area contributed by atoms with Gasteiger partial charge in [-0.3, -0.25) is 5.10 Å². The van der Waals surface area contributed by atoms with Crippen molar-refractivity contribution >= 4 is 21.7 Å². The minimum atomic E-state index is 0.290. The predicted molar refractivity (Wildman–Crippen MR) is 67.5 cm³/mol. The second-order valence-electron chi connectivity index (χ2n) is 3.87. The van der Waals surface area contributed by atoms with E-state index >= 15 is 0 Å². The van der Waals surface area contributed by atoms with Crippen LogP contribution in [-0.4, -0.2) is 25.1 Å². The molecule has 7 heteroatoms. The number of rotatable bonds is 4. The number of hydrogen-bond donors (Lipinski definition) is 2. The van der Waals surface area contributed by atoms with Gasteiger partial charge in [0.15, 0.2) is 0 Å². The summed E-state index contributed by atoms with van der Waals surface area (Å²) in [4.78, 5) is 12.8. The first-order valence-electron chi connectivity index (χ1n) is 5.27. The Bertz CT molecular complexity index is 482. The molecule has 17 heavy (non-hydrogen) atoms. The number of aromatic amines is 1. The van der Waals surface area contributed by atoms with Crippen LogP contribution in [-0.2, 0) is 6.54 Å². The van der Waals surface area contributed by atoms with E-state index < -0.39 is 0 Å².